The lowest BCUT2D eigenvalue weighted by Gasteiger charge is -2.43. The number of halogens is 14. The second-order valence-electron chi connectivity index (χ2n) is 39.8. The summed E-state index contributed by atoms with van der Waals surface area (Å²) in [6.07, 6.45) is -2.85. The first-order valence-electron chi connectivity index (χ1n) is 48.0. The molecule has 3 heterocycles. The van der Waals surface area contributed by atoms with Crippen LogP contribution in [0.25, 0.3) is 0 Å². The summed E-state index contributed by atoms with van der Waals surface area (Å²) in [7, 11) is 0. The van der Waals surface area contributed by atoms with Gasteiger partial charge in [0.25, 0.3) is 23.6 Å². The Morgan fingerprint density at radius 2 is 0.616 bits per heavy atom. The number of pyridine rings is 2. The van der Waals surface area contributed by atoms with Crippen LogP contribution in [0, 0.1) is 11.6 Å². The third-order valence-corrected chi connectivity index (χ3v) is 29.8. The molecule has 0 aliphatic heterocycles. The molecule has 0 unspecified atom stereocenters. The van der Waals surface area contributed by atoms with Crippen molar-refractivity contribution in [2.75, 3.05) is 33.0 Å². The van der Waals surface area contributed by atoms with Gasteiger partial charge in [0.1, 0.15) is 44.3 Å². The molecule has 790 valence electrons. The van der Waals surface area contributed by atoms with Crippen LogP contribution in [0.1, 0.15) is 261 Å². The summed E-state index contributed by atoms with van der Waals surface area (Å²) >= 11 is 0. The highest BCUT2D eigenvalue weighted by Gasteiger charge is 2.58. The van der Waals surface area contributed by atoms with E-state index in [1.807, 2.05) is 26.8 Å². The number of amides is 8. The Bertz CT molecular complexity index is 5620. The number of nitrogens with zero attached hydrogens (tertiary/aromatic N) is 7. The zero-order valence-electron chi connectivity index (χ0n) is 80.1. The molecule has 8 aromatic rings. The Kier molecular flexibility index (Phi) is 33.5. The topological polar surface area (TPSA) is 443 Å². The number of alkyl halides is 12. The van der Waals surface area contributed by atoms with Gasteiger partial charge >= 0.3 is 49.1 Å². The molecule has 5 aromatic carbocycles. The van der Waals surface area contributed by atoms with Crippen LogP contribution in [-0.4, -0.2) is 214 Å². The van der Waals surface area contributed by atoms with E-state index in [-0.39, 0.29) is 143 Å². The van der Waals surface area contributed by atoms with Gasteiger partial charge in [-0.25, -0.2) is 28.0 Å². The number of aliphatic hydroxyl groups is 5. The average Bonchev–Trinajstić information content (AvgIpc) is 1.73. The van der Waals surface area contributed by atoms with E-state index in [0.717, 1.165) is 117 Å². The molecule has 0 radical (unpaired) electrons. The first kappa shape index (κ1) is 111. The van der Waals surface area contributed by atoms with Gasteiger partial charge in [-0.2, -0.15) is 52.7 Å². The van der Waals surface area contributed by atoms with E-state index >= 15 is 0 Å². The van der Waals surface area contributed by atoms with Gasteiger partial charge < -0.3 is 91.5 Å². The van der Waals surface area contributed by atoms with Crippen LogP contribution in [0.3, 0.4) is 0 Å². The Morgan fingerprint density at radius 1 is 0.342 bits per heavy atom. The molecule has 13 N–H and O–H groups in total. The molecule has 29 nitrogen and oxygen atoms in total. The van der Waals surface area contributed by atoms with Crippen molar-refractivity contribution >= 4 is 48.0 Å². The fourth-order valence-electron chi connectivity index (χ4n) is 20.2. The van der Waals surface area contributed by atoms with Gasteiger partial charge in [-0.15, -0.1) is 0 Å². The van der Waals surface area contributed by atoms with Crippen molar-refractivity contribution < 1.29 is 149 Å². The molecule has 0 bridgehead atoms. The second-order valence-corrected chi connectivity index (χ2v) is 39.8. The van der Waals surface area contributed by atoms with Crippen molar-refractivity contribution in [3.8, 4) is 0 Å². The van der Waals surface area contributed by atoms with Crippen LogP contribution in [-0.2, 0) is 63.0 Å². The van der Waals surface area contributed by atoms with Gasteiger partial charge in [-0.05, 0) is 288 Å². The minimum atomic E-state index is -5.08. The number of nitrogens with two attached hydrogens (primary N) is 4. The number of carbonyl (C=O) groups is 8. The van der Waals surface area contributed by atoms with Crippen molar-refractivity contribution in [3.05, 3.63) is 255 Å². The molecule has 0 spiro atoms. The molecule has 0 saturated heterocycles. The zero-order chi connectivity index (χ0) is 106. The van der Waals surface area contributed by atoms with E-state index in [0.29, 0.717) is 135 Å². The summed E-state index contributed by atoms with van der Waals surface area (Å²) in [6, 6.07) is 35.2. The number of aromatic nitrogens is 3. The number of carbonyl (C=O) groups excluding carboxylic acids is 8. The molecule has 8 aliphatic rings. The van der Waals surface area contributed by atoms with E-state index in [9.17, 15) is 125 Å². The van der Waals surface area contributed by atoms with Gasteiger partial charge in [-0.1, -0.05) is 71.9 Å². The number of primary amides is 4. The summed E-state index contributed by atoms with van der Waals surface area (Å²) in [5.41, 5.74) is 8.23. The smallest absolute Gasteiger partial charge is 0.423 e. The van der Waals surface area contributed by atoms with Crippen LogP contribution in [0.4, 0.5) is 80.6 Å². The molecular formula is C103H117F14N11O18. The van der Waals surface area contributed by atoms with Gasteiger partial charge in [0.05, 0.1) is 29.6 Å². The van der Waals surface area contributed by atoms with Crippen LogP contribution >= 0.6 is 0 Å². The number of aliphatic hydroxyl groups excluding tert-OH is 1. The standard InChI is InChI=1S/C27H30F4N2O4.C26H29F4N3O4.C26H30F3N3O5.C24H28F3N3O5/c1-25(36,27(29,30)31)18-4-2-17(3-5-18)23(34)33(21-10-11-21)22-12-14-26(15-13-22,16-37-24(32)35)19-6-8-20(28)9-7-19;1-24(36,26(28,29)30)17-4-2-16(3-5-17)22(34)33(19-7-8-19)20-10-12-25(13-11-20,15-37-23(31)35)21-9-6-18(27)14-32-21;27-26(28,29)25(36,15-33)18-6-4-17(5-7-18)22(34)32(19-8-9-19)20-10-12-24(13-11-20,16-37-23(30)35)21-3-1-2-14-31-21;1-22(33,24(25,26)27)16-4-2-15(3-5-16)20(31)30(17-6-7-17)18-8-11-23(12-9-18,14-34-21(28)32)19-10-13-35-29-19/h2-9,21-22,36H,10-16H2,1H3,(H2,32,35);2-6,9,14,19-20,36H,7-8,10-13,15H2,1H3,(H2,31,35);1-7,14,19-20,33,36H,8-13,15-16H2,(H2,30,35);2-5,10,13,17-18,33H,6-9,11-12,14H2,1H3,(H2,28,32)/t22?,25-,26?;20?,24-,25?;20?,24?,25-;18?,22-,23?/m0000/s1. The summed E-state index contributed by atoms with van der Waals surface area (Å²) in [6.45, 7) is 0.662. The maximum atomic E-state index is 13.5. The number of ether oxygens (including phenoxy) is 4. The molecule has 3 aromatic heterocycles. The maximum Gasteiger partial charge on any atom is 0.423 e. The maximum absolute atomic E-state index is 13.5. The number of hydrogen-bond acceptors (Lipinski definition) is 21. The van der Waals surface area contributed by atoms with Crippen molar-refractivity contribution in [2.24, 2.45) is 22.9 Å². The molecule has 8 saturated carbocycles. The lowest BCUT2D eigenvalue weighted by Crippen LogP contribution is -2.48. The summed E-state index contributed by atoms with van der Waals surface area (Å²) in [5.74, 6) is -1.97. The van der Waals surface area contributed by atoms with Crippen LogP contribution in [0.2, 0.25) is 0 Å². The third-order valence-electron chi connectivity index (χ3n) is 29.8. The van der Waals surface area contributed by atoms with Crippen LogP contribution in [0.5, 0.6) is 0 Å². The van der Waals surface area contributed by atoms with Gasteiger partial charge in [0.2, 0.25) is 5.60 Å². The molecular weight excluding hydrogens is 1950 g/mol. The SMILES string of the molecule is C[C@](O)(c1ccc(C(=O)N(C2CC2)C2CCC(COC(N)=O)(c3ccc(F)cc3)CC2)cc1)C(F)(F)F.C[C@](O)(c1ccc(C(=O)N(C2CC2)C2CCC(COC(N)=O)(c3ccc(F)cn3)CC2)cc1)C(F)(F)F.C[C@](O)(c1ccc(C(=O)N(C2CC2)C2CCC(COC(N)=O)(c3ccon3)CC2)cc1)C(F)(F)F.NC(=O)OCC1(c2ccccn2)CCC(N(C(=O)c2ccc([C@@](O)(CO)C(F)(F)F)cc2)C2CC2)CC1. The van der Waals surface area contributed by atoms with E-state index in [1.165, 1.54) is 73.0 Å². The molecule has 8 amide bonds. The zero-order valence-corrected chi connectivity index (χ0v) is 80.1. The van der Waals surface area contributed by atoms with Crippen molar-refractivity contribution in [1.82, 2.24) is 34.7 Å². The molecule has 146 heavy (non-hydrogen) atoms. The number of benzene rings is 5. The summed E-state index contributed by atoms with van der Waals surface area (Å²) in [5, 5.41) is 53.0. The second kappa shape index (κ2) is 44.2. The van der Waals surface area contributed by atoms with E-state index in [4.69, 9.17) is 46.4 Å². The average molecular weight is 2060 g/mol. The Balaban J connectivity index is 0.000000163. The largest absolute Gasteiger partial charge is 0.449 e. The van der Waals surface area contributed by atoms with Crippen LogP contribution in [0.15, 0.2) is 181 Å². The first-order valence-corrected chi connectivity index (χ1v) is 48.0. The van der Waals surface area contributed by atoms with E-state index in [2.05, 4.69) is 15.1 Å². The fourth-order valence-corrected chi connectivity index (χ4v) is 20.2. The third kappa shape index (κ3) is 25.3. The van der Waals surface area contributed by atoms with E-state index < -0.39 is 111 Å². The Morgan fingerprint density at radius 3 is 0.863 bits per heavy atom. The first-order chi connectivity index (χ1) is 68.6. The highest BCUT2D eigenvalue weighted by molar-refractivity contribution is 5.97. The molecule has 8 fully saturated rings. The van der Waals surface area contributed by atoms with Gasteiger partial charge in [0, 0.05) is 105 Å². The fraction of sp³-hybridized carbons (Fsp3) is 0.505. The molecule has 43 heteroatoms. The number of hydrogen-bond donors (Lipinski definition) is 9. The van der Waals surface area contributed by atoms with Crippen LogP contribution < -0.4 is 22.9 Å². The monoisotopic (exact) mass is 2060 g/mol. The van der Waals surface area contributed by atoms with Crippen molar-refractivity contribution in [1.29, 1.82) is 0 Å². The summed E-state index contributed by atoms with van der Waals surface area (Å²) < 4.78 is 211. The van der Waals surface area contributed by atoms with Gasteiger partial charge in [-0.3, -0.25) is 29.1 Å². The lowest BCUT2D eigenvalue weighted by atomic mass is 9.68. The predicted molar refractivity (Wildman–Crippen MR) is 496 cm³/mol. The predicted octanol–water partition coefficient (Wildman–Crippen LogP) is 17.2. The summed E-state index contributed by atoms with van der Waals surface area (Å²) in [4.78, 5) is 115. The molecule has 16 rings (SSSR count). The Hall–Kier alpha value is -12.6. The highest BCUT2D eigenvalue weighted by Crippen LogP contribution is 2.52. The lowest BCUT2D eigenvalue weighted by molar-refractivity contribution is -0.277. The quantitative estimate of drug-likeness (QED) is 0.0155. The molecule has 4 atom stereocenters. The Labute approximate surface area is 831 Å². The van der Waals surface area contributed by atoms with Crippen molar-refractivity contribution in [3.63, 3.8) is 0 Å². The normalized spacial score (nSPS) is 23.8. The van der Waals surface area contributed by atoms with E-state index in [1.54, 1.807) is 41.4 Å². The highest BCUT2D eigenvalue weighted by atomic mass is 19.4. The van der Waals surface area contributed by atoms with Crippen molar-refractivity contribution in [2.45, 2.75) is 292 Å². The van der Waals surface area contributed by atoms with Gasteiger partial charge in [0.15, 0.2) is 16.8 Å². The number of rotatable bonds is 29. The minimum absolute atomic E-state index is 0.0222. The minimum Gasteiger partial charge on any atom is -0.449 e. The molecule has 8 aliphatic carbocycles.